The highest BCUT2D eigenvalue weighted by molar-refractivity contribution is 8.00. The number of para-hydroxylation sites is 1. The number of benzene rings is 1. The van der Waals surface area contributed by atoms with Crippen LogP contribution in [0.2, 0.25) is 0 Å². The summed E-state index contributed by atoms with van der Waals surface area (Å²) in [5, 5.41) is 17.1. The Hall–Kier alpha value is -2.02. The first-order chi connectivity index (χ1) is 9.54. The molecule has 0 fully saturated rings. The maximum Gasteiger partial charge on any atom is 0.316 e. The van der Waals surface area contributed by atoms with Gasteiger partial charge in [-0.05, 0) is 19.1 Å². The van der Waals surface area contributed by atoms with Crippen LogP contribution in [0.25, 0.3) is 11.4 Å². The molecule has 6 nitrogen and oxygen atoms in total. The van der Waals surface area contributed by atoms with Crippen molar-refractivity contribution < 1.29 is 14.6 Å². The van der Waals surface area contributed by atoms with E-state index in [1.54, 1.807) is 25.6 Å². The van der Waals surface area contributed by atoms with E-state index in [0.717, 1.165) is 17.3 Å². The van der Waals surface area contributed by atoms with Crippen LogP contribution in [0.4, 0.5) is 0 Å². The van der Waals surface area contributed by atoms with Gasteiger partial charge in [-0.2, -0.15) is 0 Å². The molecule has 0 aliphatic carbocycles. The summed E-state index contributed by atoms with van der Waals surface area (Å²) >= 11 is 1.16. The van der Waals surface area contributed by atoms with Gasteiger partial charge in [-0.1, -0.05) is 23.9 Å². The molecule has 1 atom stereocenters. The number of aliphatic carboxylic acids is 1. The van der Waals surface area contributed by atoms with Crippen molar-refractivity contribution in [2.24, 2.45) is 7.05 Å². The maximum atomic E-state index is 10.9. The molecule has 1 N–H and O–H groups in total. The van der Waals surface area contributed by atoms with Crippen molar-refractivity contribution in [3.8, 4) is 17.1 Å². The van der Waals surface area contributed by atoms with E-state index in [0.29, 0.717) is 16.7 Å². The molecule has 7 heteroatoms. The molecule has 0 saturated carbocycles. The van der Waals surface area contributed by atoms with Gasteiger partial charge in [-0.15, -0.1) is 10.2 Å². The minimum Gasteiger partial charge on any atom is -0.496 e. The average Bonchev–Trinajstić information content (AvgIpc) is 2.80. The van der Waals surface area contributed by atoms with Gasteiger partial charge in [0.05, 0.1) is 12.7 Å². The molecule has 2 aromatic rings. The third-order valence-electron chi connectivity index (χ3n) is 2.81. The lowest BCUT2D eigenvalue weighted by Crippen LogP contribution is -2.12. The Kier molecular flexibility index (Phi) is 4.29. The van der Waals surface area contributed by atoms with Gasteiger partial charge in [-0.25, -0.2) is 0 Å². The number of carbonyl (C=O) groups is 1. The van der Waals surface area contributed by atoms with Crippen LogP contribution in [0.3, 0.4) is 0 Å². The zero-order valence-electron chi connectivity index (χ0n) is 11.4. The summed E-state index contributed by atoms with van der Waals surface area (Å²) < 4.78 is 7.07. The number of hydrogen-bond donors (Lipinski definition) is 1. The number of carboxylic acid groups (broad SMARTS) is 1. The molecule has 0 bridgehead atoms. The van der Waals surface area contributed by atoms with Crippen molar-refractivity contribution in [2.45, 2.75) is 17.3 Å². The molecule has 2 rings (SSSR count). The standard InChI is InChI=1S/C13H15N3O3S/c1-8(12(17)18)20-13-15-14-11(16(13)2)9-6-4-5-7-10(9)19-3/h4-8H,1-3H3,(H,17,18)/t8-/m0/s1. The molecule has 0 unspecified atom stereocenters. The second-order valence-corrected chi connectivity index (χ2v) is 5.47. The second kappa shape index (κ2) is 5.96. The van der Waals surface area contributed by atoms with Gasteiger partial charge in [0.1, 0.15) is 11.0 Å². The summed E-state index contributed by atoms with van der Waals surface area (Å²) in [5.74, 6) is 0.463. The van der Waals surface area contributed by atoms with Crippen molar-refractivity contribution in [3.05, 3.63) is 24.3 Å². The largest absolute Gasteiger partial charge is 0.496 e. The molecular weight excluding hydrogens is 278 g/mol. The molecule has 106 valence electrons. The number of hydrogen-bond acceptors (Lipinski definition) is 5. The molecule has 1 aromatic heterocycles. The molecule has 0 spiro atoms. The van der Waals surface area contributed by atoms with E-state index in [9.17, 15) is 4.79 Å². The zero-order chi connectivity index (χ0) is 14.7. The quantitative estimate of drug-likeness (QED) is 0.850. The Labute approximate surface area is 120 Å². The third-order valence-corrected chi connectivity index (χ3v) is 3.93. The molecule has 0 radical (unpaired) electrons. The Morgan fingerprint density at radius 2 is 2.10 bits per heavy atom. The van der Waals surface area contributed by atoms with Crippen molar-refractivity contribution in [2.75, 3.05) is 7.11 Å². The number of rotatable bonds is 5. The van der Waals surface area contributed by atoms with Crippen LogP contribution in [0, 0.1) is 0 Å². The zero-order valence-corrected chi connectivity index (χ0v) is 12.2. The smallest absolute Gasteiger partial charge is 0.316 e. The first-order valence-electron chi connectivity index (χ1n) is 5.96. The first-order valence-corrected chi connectivity index (χ1v) is 6.84. The van der Waals surface area contributed by atoms with Crippen LogP contribution in [0.1, 0.15) is 6.92 Å². The van der Waals surface area contributed by atoms with Crippen molar-refractivity contribution in [3.63, 3.8) is 0 Å². The number of carboxylic acids is 1. The number of aromatic nitrogens is 3. The van der Waals surface area contributed by atoms with Crippen molar-refractivity contribution >= 4 is 17.7 Å². The van der Waals surface area contributed by atoms with E-state index in [-0.39, 0.29) is 0 Å². The molecule has 0 aliphatic rings. The molecular formula is C13H15N3O3S. The molecule has 1 aromatic carbocycles. The summed E-state index contributed by atoms with van der Waals surface area (Å²) in [7, 11) is 3.40. The van der Waals surface area contributed by atoms with Crippen LogP contribution in [-0.2, 0) is 11.8 Å². The van der Waals surface area contributed by atoms with E-state index in [1.807, 2.05) is 24.3 Å². The van der Waals surface area contributed by atoms with E-state index >= 15 is 0 Å². The molecule has 1 heterocycles. The lowest BCUT2D eigenvalue weighted by molar-refractivity contribution is -0.136. The maximum absolute atomic E-state index is 10.9. The highest BCUT2D eigenvalue weighted by atomic mass is 32.2. The molecule has 20 heavy (non-hydrogen) atoms. The van der Waals surface area contributed by atoms with Crippen LogP contribution < -0.4 is 4.74 Å². The van der Waals surface area contributed by atoms with Gasteiger partial charge in [0.2, 0.25) is 0 Å². The Morgan fingerprint density at radius 3 is 2.75 bits per heavy atom. The SMILES string of the molecule is COc1ccccc1-c1nnc(S[C@@H](C)C(=O)O)n1C. The van der Waals surface area contributed by atoms with E-state index < -0.39 is 11.2 Å². The average molecular weight is 293 g/mol. The number of ether oxygens (including phenoxy) is 1. The van der Waals surface area contributed by atoms with Crippen molar-refractivity contribution in [1.82, 2.24) is 14.8 Å². The predicted octanol–water partition coefficient (Wildman–Crippen LogP) is 2.06. The number of thioether (sulfide) groups is 1. The van der Waals surface area contributed by atoms with Crippen LogP contribution in [-0.4, -0.2) is 38.2 Å². The van der Waals surface area contributed by atoms with Gasteiger partial charge in [0, 0.05) is 7.05 Å². The third kappa shape index (κ3) is 2.77. The summed E-state index contributed by atoms with van der Waals surface area (Å²) in [6, 6.07) is 7.49. The summed E-state index contributed by atoms with van der Waals surface area (Å²) in [4.78, 5) is 10.9. The number of methoxy groups -OCH3 is 1. The monoisotopic (exact) mass is 293 g/mol. The minimum atomic E-state index is -0.878. The molecule has 0 saturated heterocycles. The van der Waals surface area contributed by atoms with Gasteiger partial charge in [-0.3, -0.25) is 4.79 Å². The molecule has 0 amide bonds. The predicted molar refractivity (Wildman–Crippen MR) is 75.9 cm³/mol. The fourth-order valence-corrected chi connectivity index (χ4v) is 2.44. The Bertz CT molecular complexity index is 627. The minimum absolute atomic E-state index is 0.556. The van der Waals surface area contributed by atoms with Gasteiger partial charge in [0.25, 0.3) is 0 Å². The highest BCUT2D eigenvalue weighted by Crippen LogP contribution is 2.30. The number of nitrogens with zero attached hydrogens (tertiary/aromatic N) is 3. The summed E-state index contributed by atoms with van der Waals surface area (Å²) in [6.07, 6.45) is 0. The summed E-state index contributed by atoms with van der Waals surface area (Å²) in [6.45, 7) is 1.62. The summed E-state index contributed by atoms with van der Waals surface area (Å²) in [5.41, 5.74) is 0.819. The lowest BCUT2D eigenvalue weighted by atomic mass is 10.2. The van der Waals surface area contributed by atoms with Crippen LogP contribution >= 0.6 is 11.8 Å². The highest BCUT2D eigenvalue weighted by Gasteiger charge is 2.19. The van der Waals surface area contributed by atoms with Gasteiger partial charge in [0.15, 0.2) is 11.0 Å². The van der Waals surface area contributed by atoms with E-state index in [2.05, 4.69) is 10.2 Å². The van der Waals surface area contributed by atoms with E-state index in [4.69, 9.17) is 9.84 Å². The van der Waals surface area contributed by atoms with Gasteiger partial charge < -0.3 is 14.4 Å². The van der Waals surface area contributed by atoms with Crippen LogP contribution in [0.15, 0.2) is 29.4 Å². The van der Waals surface area contributed by atoms with Crippen molar-refractivity contribution in [1.29, 1.82) is 0 Å². The fraction of sp³-hybridized carbons (Fsp3) is 0.308. The topological polar surface area (TPSA) is 77.2 Å². The normalized spacial score (nSPS) is 12.2. The second-order valence-electron chi connectivity index (χ2n) is 4.16. The molecule has 0 aliphatic heterocycles. The Balaban J connectivity index is 2.36. The Morgan fingerprint density at radius 1 is 1.40 bits per heavy atom. The lowest BCUT2D eigenvalue weighted by Gasteiger charge is -2.09. The van der Waals surface area contributed by atoms with Crippen LogP contribution in [0.5, 0.6) is 5.75 Å². The first kappa shape index (κ1) is 14.4. The van der Waals surface area contributed by atoms with E-state index in [1.165, 1.54) is 0 Å². The van der Waals surface area contributed by atoms with Gasteiger partial charge >= 0.3 is 5.97 Å². The fourth-order valence-electron chi connectivity index (χ4n) is 1.69.